The van der Waals surface area contributed by atoms with Crippen molar-refractivity contribution < 1.29 is 14.6 Å². The summed E-state index contributed by atoms with van der Waals surface area (Å²) >= 11 is 0. The minimum Gasteiger partial charge on any atom is -0.491 e. The lowest BCUT2D eigenvalue weighted by Crippen LogP contribution is -2.13. The number of aliphatic hydroxyl groups is 1. The van der Waals surface area contributed by atoms with Crippen molar-refractivity contribution in [3.05, 3.63) is 29.8 Å². The molecule has 0 saturated carbocycles. The molecule has 16 heavy (non-hydrogen) atoms. The lowest BCUT2D eigenvalue weighted by Gasteiger charge is -2.19. The number of hydrogen-bond acceptors (Lipinski definition) is 3. The molecule has 0 spiro atoms. The smallest absolute Gasteiger partial charge is 0.122 e. The van der Waals surface area contributed by atoms with E-state index >= 15 is 0 Å². The third-order valence-corrected chi connectivity index (χ3v) is 2.68. The summed E-state index contributed by atoms with van der Waals surface area (Å²) in [7, 11) is 1.65. The molecule has 0 aliphatic heterocycles. The van der Waals surface area contributed by atoms with Crippen LogP contribution in [0.15, 0.2) is 24.3 Å². The molecule has 0 aliphatic rings. The first kappa shape index (κ1) is 13.0. The molecule has 1 N–H and O–H groups in total. The Bertz CT molecular complexity index is 310. The van der Waals surface area contributed by atoms with Gasteiger partial charge >= 0.3 is 0 Å². The minimum absolute atomic E-state index is 0.0683. The summed E-state index contributed by atoms with van der Waals surface area (Å²) in [6.07, 6.45) is -0.382. The van der Waals surface area contributed by atoms with Gasteiger partial charge in [0.2, 0.25) is 0 Å². The van der Waals surface area contributed by atoms with Crippen LogP contribution >= 0.6 is 0 Å². The normalized spacial score (nSPS) is 14.5. The van der Waals surface area contributed by atoms with Gasteiger partial charge in [-0.25, -0.2) is 0 Å². The molecule has 1 aromatic rings. The second-order valence-electron chi connectivity index (χ2n) is 3.91. The van der Waals surface area contributed by atoms with Gasteiger partial charge < -0.3 is 14.6 Å². The van der Waals surface area contributed by atoms with Crippen molar-refractivity contribution in [3.8, 4) is 5.75 Å². The van der Waals surface area contributed by atoms with Crippen LogP contribution in [-0.4, -0.2) is 31.5 Å². The van der Waals surface area contributed by atoms with Crippen molar-refractivity contribution in [2.45, 2.75) is 25.9 Å². The number of ether oxygens (including phenoxy) is 2. The number of para-hydroxylation sites is 1. The van der Waals surface area contributed by atoms with Crippen molar-refractivity contribution in [2.75, 3.05) is 20.3 Å². The maximum absolute atomic E-state index is 9.59. The Kier molecular flexibility index (Phi) is 5.29. The van der Waals surface area contributed by atoms with Crippen LogP contribution in [0.3, 0.4) is 0 Å². The summed E-state index contributed by atoms with van der Waals surface area (Å²) < 4.78 is 10.5. The quantitative estimate of drug-likeness (QED) is 0.753. The molecule has 2 unspecified atom stereocenters. The third-order valence-electron chi connectivity index (χ3n) is 2.68. The molecule has 0 aliphatic carbocycles. The van der Waals surface area contributed by atoms with Crippen LogP contribution in [0.2, 0.25) is 0 Å². The van der Waals surface area contributed by atoms with E-state index in [-0.39, 0.29) is 12.0 Å². The van der Waals surface area contributed by atoms with Gasteiger partial charge in [-0.3, -0.25) is 0 Å². The van der Waals surface area contributed by atoms with Gasteiger partial charge in [-0.2, -0.15) is 0 Å². The van der Waals surface area contributed by atoms with Crippen LogP contribution in [-0.2, 0) is 4.74 Å². The fourth-order valence-corrected chi connectivity index (χ4v) is 1.48. The highest BCUT2D eigenvalue weighted by molar-refractivity contribution is 5.36. The number of aliphatic hydroxyl groups excluding tert-OH is 1. The Morgan fingerprint density at radius 2 is 1.88 bits per heavy atom. The minimum atomic E-state index is -0.382. The average molecular weight is 224 g/mol. The van der Waals surface area contributed by atoms with Gasteiger partial charge in [0.15, 0.2) is 0 Å². The van der Waals surface area contributed by atoms with Crippen LogP contribution in [0.25, 0.3) is 0 Å². The third kappa shape index (κ3) is 3.51. The number of methoxy groups -OCH3 is 1. The van der Waals surface area contributed by atoms with Crippen LogP contribution in [0, 0.1) is 0 Å². The Labute approximate surface area is 97.0 Å². The molecule has 1 aromatic carbocycles. The standard InChI is InChI=1S/C13H20O3/c1-10(11(2)14)12-6-4-5-7-13(12)16-9-8-15-3/h4-7,10-11,14H,8-9H2,1-3H3. The summed E-state index contributed by atoms with van der Waals surface area (Å²) in [5.41, 5.74) is 1.04. The van der Waals surface area contributed by atoms with Crippen molar-refractivity contribution in [3.63, 3.8) is 0 Å². The van der Waals surface area contributed by atoms with Crippen LogP contribution in [0.1, 0.15) is 25.3 Å². The zero-order chi connectivity index (χ0) is 12.0. The van der Waals surface area contributed by atoms with Crippen molar-refractivity contribution in [1.29, 1.82) is 0 Å². The first-order valence-electron chi connectivity index (χ1n) is 5.55. The van der Waals surface area contributed by atoms with Gasteiger partial charge in [0.1, 0.15) is 12.4 Å². The van der Waals surface area contributed by atoms with Crippen molar-refractivity contribution in [2.24, 2.45) is 0 Å². The highest BCUT2D eigenvalue weighted by Crippen LogP contribution is 2.28. The molecule has 0 radical (unpaired) electrons. The van der Waals surface area contributed by atoms with Crippen LogP contribution < -0.4 is 4.74 Å². The van der Waals surface area contributed by atoms with Gasteiger partial charge in [0.05, 0.1) is 12.7 Å². The van der Waals surface area contributed by atoms with Gasteiger partial charge in [-0.1, -0.05) is 25.1 Å². The maximum atomic E-state index is 9.59. The van der Waals surface area contributed by atoms with E-state index in [1.807, 2.05) is 31.2 Å². The Morgan fingerprint density at radius 3 is 2.50 bits per heavy atom. The molecule has 3 nitrogen and oxygen atoms in total. The summed E-state index contributed by atoms with van der Waals surface area (Å²) in [5.74, 6) is 0.895. The van der Waals surface area contributed by atoms with Gasteiger partial charge in [-0.05, 0) is 18.6 Å². The maximum Gasteiger partial charge on any atom is 0.122 e. The van der Waals surface area contributed by atoms with E-state index in [4.69, 9.17) is 9.47 Å². The van der Waals surface area contributed by atoms with E-state index in [0.717, 1.165) is 11.3 Å². The van der Waals surface area contributed by atoms with Crippen LogP contribution in [0.4, 0.5) is 0 Å². The Balaban J connectivity index is 2.75. The van der Waals surface area contributed by atoms with E-state index in [2.05, 4.69) is 0 Å². The summed E-state index contributed by atoms with van der Waals surface area (Å²) in [6.45, 7) is 4.87. The van der Waals surface area contributed by atoms with E-state index < -0.39 is 0 Å². The first-order valence-corrected chi connectivity index (χ1v) is 5.55. The molecule has 1 rings (SSSR count). The predicted molar refractivity (Wildman–Crippen MR) is 63.9 cm³/mol. The molecule has 0 heterocycles. The highest BCUT2D eigenvalue weighted by atomic mass is 16.5. The Hall–Kier alpha value is -1.06. The molecule has 0 aromatic heterocycles. The second kappa shape index (κ2) is 6.51. The van der Waals surface area contributed by atoms with Crippen molar-refractivity contribution >= 4 is 0 Å². The zero-order valence-corrected chi connectivity index (χ0v) is 10.1. The number of rotatable bonds is 6. The molecule has 0 bridgehead atoms. The number of benzene rings is 1. The molecule has 2 atom stereocenters. The van der Waals surface area contributed by atoms with Gasteiger partial charge in [0.25, 0.3) is 0 Å². The average Bonchev–Trinajstić information content (AvgIpc) is 2.29. The summed E-state index contributed by atoms with van der Waals surface area (Å²) in [4.78, 5) is 0. The number of hydrogen-bond donors (Lipinski definition) is 1. The van der Waals surface area contributed by atoms with Gasteiger partial charge in [-0.15, -0.1) is 0 Å². The van der Waals surface area contributed by atoms with E-state index in [9.17, 15) is 5.11 Å². The highest BCUT2D eigenvalue weighted by Gasteiger charge is 2.15. The lowest BCUT2D eigenvalue weighted by atomic mass is 9.95. The zero-order valence-electron chi connectivity index (χ0n) is 10.1. The van der Waals surface area contributed by atoms with E-state index in [0.29, 0.717) is 13.2 Å². The second-order valence-corrected chi connectivity index (χ2v) is 3.91. The molecule has 90 valence electrons. The first-order chi connectivity index (χ1) is 7.66. The fourth-order valence-electron chi connectivity index (χ4n) is 1.48. The fraction of sp³-hybridized carbons (Fsp3) is 0.538. The Morgan fingerprint density at radius 1 is 1.19 bits per heavy atom. The lowest BCUT2D eigenvalue weighted by molar-refractivity contribution is 0.142. The van der Waals surface area contributed by atoms with E-state index in [1.165, 1.54) is 0 Å². The summed E-state index contributed by atoms with van der Waals surface area (Å²) in [5, 5.41) is 9.59. The SMILES string of the molecule is COCCOc1ccccc1C(C)C(C)O. The molecular weight excluding hydrogens is 204 g/mol. The monoisotopic (exact) mass is 224 g/mol. The molecular formula is C13H20O3. The molecule has 0 fully saturated rings. The van der Waals surface area contributed by atoms with E-state index in [1.54, 1.807) is 14.0 Å². The molecule has 0 amide bonds. The van der Waals surface area contributed by atoms with Crippen molar-refractivity contribution in [1.82, 2.24) is 0 Å². The topological polar surface area (TPSA) is 38.7 Å². The largest absolute Gasteiger partial charge is 0.491 e. The molecule has 0 saturated heterocycles. The van der Waals surface area contributed by atoms with Gasteiger partial charge in [0, 0.05) is 13.0 Å². The predicted octanol–water partition coefficient (Wildman–Crippen LogP) is 2.20. The summed E-state index contributed by atoms with van der Waals surface area (Å²) in [6, 6.07) is 7.79. The molecule has 3 heteroatoms. The van der Waals surface area contributed by atoms with Crippen LogP contribution in [0.5, 0.6) is 5.75 Å².